The molecule has 10 nitrogen and oxygen atoms in total. The van der Waals surface area contributed by atoms with Crippen LogP contribution >= 0.6 is 23.2 Å². The number of piperidine rings is 2. The van der Waals surface area contributed by atoms with Crippen LogP contribution in [0.5, 0.6) is 0 Å². The number of urea groups is 1. The van der Waals surface area contributed by atoms with E-state index in [1.54, 1.807) is 23.1 Å². The Morgan fingerprint density at radius 3 is 2.20 bits per heavy atom. The van der Waals surface area contributed by atoms with Gasteiger partial charge < -0.3 is 30.1 Å². The van der Waals surface area contributed by atoms with Gasteiger partial charge in [0.15, 0.2) is 6.10 Å². The SMILES string of the molecule is O=C(O[C@H](Cc1cc(Cl)cc(Cl)c1)C(=O)N1CCC(N2CCNCC2)CC1)N1CCC(N2CCc3ccccc3NC2=O)CC1. The topological polar surface area (TPSA) is 97.5 Å². The van der Waals surface area contributed by atoms with Crippen molar-refractivity contribution in [3.05, 3.63) is 63.6 Å². The van der Waals surface area contributed by atoms with E-state index in [2.05, 4.69) is 15.5 Å². The molecule has 12 heteroatoms. The second-order valence-electron chi connectivity index (χ2n) is 12.4. The Labute approximate surface area is 274 Å². The highest BCUT2D eigenvalue weighted by Gasteiger charge is 2.36. The molecule has 0 saturated carbocycles. The maximum absolute atomic E-state index is 13.9. The van der Waals surface area contributed by atoms with Crippen LogP contribution in [0.4, 0.5) is 15.3 Å². The van der Waals surface area contributed by atoms with Crippen molar-refractivity contribution in [2.24, 2.45) is 0 Å². The second kappa shape index (κ2) is 14.6. The van der Waals surface area contributed by atoms with Crippen molar-refractivity contribution in [1.29, 1.82) is 0 Å². The highest BCUT2D eigenvalue weighted by Crippen LogP contribution is 2.26. The normalized spacial score (nSPS) is 21.1. The summed E-state index contributed by atoms with van der Waals surface area (Å²) in [5.41, 5.74) is 2.72. The molecule has 2 aromatic rings. The van der Waals surface area contributed by atoms with Gasteiger partial charge in [0.25, 0.3) is 5.91 Å². The largest absolute Gasteiger partial charge is 0.436 e. The first kappa shape index (κ1) is 31.9. The summed E-state index contributed by atoms with van der Waals surface area (Å²) in [5.74, 6) is -0.186. The molecule has 4 amide bonds. The molecule has 4 aliphatic heterocycles. The van der Waals surface area contributed by atoms with Gasteiger partial charge in [-0.05, 0) is 67.5 Å². The molecule has 0 aromatic heterocycles. The number of ether oxygens (including phenoxy) is 1. The molecule has 6 rings (SSSR count). The minimum atomic E-state index is -0.990. The second-order valence-corrected chi connectivity index (χ2v) is 13.3. The lowest BCUT2D eigenvalue weighted by molar-refractivity contribution is -0.142. The number of likely N-dealkylation sites (tertiary alicyclic amines) is 2. The first-order valence-corrected chi connectivity index (χ1v) is 16.9. The number of benzene rings is 2. The van der Waals surface area contributed by atoms with E-state index in [-0.39, 0.29) is 24.4 Å². The van der Waals surface area contributed by atoms with Crippen LogP contribution in [0.1, 0.15) is 36.8 Å². The van der Waals surface area contributed by atoms with Crippen LogP contribution in [-0.2, 0) is 22.4 Å². The van der Waals surface area contributed by atoms with Crippen molar-refractivity contribution in [1.82, 2.24) is 24.9 Å². The predicted molar refractivity (Wildman–Crippen MR) is 175 cm³/mol. The number of carbonyl (C=O) groups is 3. The van der Waals surface area contributed by atoms with E-state index >= 15 is 0 Å². The molecule has 0 bridgehead atoms. The number of fused-ring (bicyclic) bond motifs is 1. The van der Waals surface area contributed by atoms with E-state index in [0.717, 1.165) is 62.3 Å². The van der Waals surface area contributed by atoms with Gasteiger partial charge in [0.1, 0.15) is 0 Å². The van der Waals surface area contributed by atoms with E-state index in [9.17, 15) is 14.4 Å². The summed E-state index contributed by atoms with van der Waals surface area (Å²) < 4.78 is 5.99. The Hall–Kier alpha value is -3.05. The van der Waals surface area contributed by atoms with E-state index in [1.807, 2.05) is 34.1 Å². The maximum Gasteiger partial charge on any atom is 0.410 e. The molecule has 0 radical (unpaired) electrons. The number of amides is 4. The number of nitrogens with one attached hydrogen (secondary N) is 2. The number of halogens is 2. The van der Waals surface area contributed by atoms with Crippen LogP contribution in [0.15, 0.2) is 42.5 Å². The van der Waals surface area contributed by atoms with Crippen molar-refractivity contribution < 1.29 is 19.1 Å². The molecule has 0 aliphatic carbocycles. The van der Waals surface area contributed by atoms with Crippen LogP contribution in [0.2, 0.25) is 10.0 Å². The summed E-state index contributed by atoms with van der Waals surface area (Å²) in [5, 5.41) is 7.38. The summed E-state index contributed by atoms with van der Waals surface area (Å²) in [6.07, 6.45) is 2.55. The lowest BCUT2D eigenvalue weighted by Gasteiger charge is -2.41. The number of anilines is 1. The molecule has 2 N–H and O–H groups in total. The third kappa shape index (κ3) is 7.85. The van der Waals surface area contributed by atoms with Crippen LogP contribution in [0.25, 0.3) is 0 Å². The average molecular weight is 658 g/mol. The molecule has 3 saturated heterocycles. The summed E-state index contributed by atoms with van der Waals surface area (Å²) >= 11 is 12.5. The monoisotopic (exact) mass is 656 g/mol. The highest BCUT2D eigenvalue weighted by molar-refractivity contribution is 6.34. The fourth-order valence-corrected chi connectivity index (χ4v) is 7.69. The zero-order valence-electron chi connectivity index (χ0n) is 25.6. The van der Waals surface area contributed by atoms with Gasteiger partial charge >= 0.3 is 12.1 Å². The third-order valence-electron chi connectivity index (χ3n) is 9.61. The van der Waals surface area contributed by atoms with Gasteiger partial charge in [-0.2, -0.15) is 0 Å². The Bertz CT molecular complexity index is 1350. The van der Waals surface area contributed by atoms with E-state index in [0.29, 0.717) is 61.7 Å². The molecule has 45 heavy (non-hydrogen) atoms. The number of nitrogens with zero attached hydrogens (tertiary/aromatic N) is 4. The first-order valence-electron chi connectivity index (χ1n) is 16.1. The first-order chi connectivity index (χ1) is 21.8. The van der Waals surface area contributed by atoms with Crippen LogP contribution in [0, 0.1) is 0 Å². The van der Waals surface area contributed by atoms with Gasteiger partial charge in [0.05, 0.1) is 0 Å². The zero-order chi connectivity index (χ0) is 31.3. The fraction of sp³-hybridized carbons (Fsp3) is 0.545. The summed E-state index contributed by atoms with van der Waals surface area (Å²) in [7, 11) is 0. The Kier molecular flexibility index (Phi) is 10.3. The van der Waals surface area contributed by atoms with Gasteiger partial charge in [-0.3, -0.25) is 9.69 Å². The molecule has 3 fully saturated rings. The molecular weight excluding hydrogens is 615 g/mol. The van der Waals surface area contributed by atoms with E-state index in [4.69, 9.17) is 27.9 Å². The number of rotatable bonds is 6. The minimum Gasteiger partial charge on any atom is -0.436 e. The Morgan fingerprint density at radius 1 is 0.844 bits per heavy atom. The summed E-state index contributed by atoms with van der Waals surface area (Å²) in [6, 6.07) is 13.4. The lowest BCUT2D eigenvalue weighted by atomic mass is 10.0. The van der Waals surface area contributed by atoms with E-state index in [1.165, 1.54) is 0 Å². The minimum absolute atomic E-state index is 0.0198. The Balaban J connectivity index is 1.07. The van der Waals surface area contributed by atoms with Crippen LogP contribution in [-0.4, -0.2) is 115 Å². The molecule has 4 heterocycles. The van der Waals surface area contributed by atoms with Crippen molar-refractivity contribution in [2.45, 2.75) is 56.7 Å². The molecule has 242 valence electrons. The Morgan fingerprint density at radius 2 is 1.49 bits per heavy atom. The quantitative estimate of drug-likeness (QED) is 0.476. The van der Waals surface area contributed by atoms with Gasteiger partial charge in [-0.25, -0.2) is 9.59 Å². The number of piperazine rings is 1. The highest BCUT2D eigenvalue weighted by atomic mass is 35.5. The standard InChI is InChI=1S/C33H42Cl2N6O4/c34-25-19-23(20-26(35)22-25)21-30(31(42)39-12-6-27(7-13-39)38-17-10-36-11-18-38)45-33(44)40-14-8-28(9-15-40)41-16-5-24-3-1-2-4-29(24)37-32(41)43/h1-4,19-20,22,27-28,30,36H,5-18,21H2,(H,37,43)/t30-/m1/s1. The third-order valence-corrected chi connectivity index (χ3v) is 10.0. The molecule has 0 spiro atoms. The van der Waals surface area contributed by atoms with Crippen molar-refractivity contribution in [2.75, 3.05) is 64.2 Å². The molecule has 4 aliphatic rings. The van der Waals surface area contributed by atoms with Gasteiger partial charge in [0.2, 0.25) is 0 Å². The molecule has 0 unspecified atom stereocenters. The van der Waals surface area contributed by atoms with Gasteiger partial charge in [0, 0.05) is 93.1 Å². The molecular formula is C33H42Cl2N6O4. The summed E-state index contributed by atoms with van der Waals surface area (Å²) in [4.78, 5) is 48.3. The number of hydrogen-bond acceptors (Lipinski definition) is 6. The maximum atomic E-state index is 13.9. The summed E-state index contributed by atoms with van der Waals surface area (Å²) in [6.45, 7) is 6.83. The van der Waals surface area contributed by atoms with Crippen LogP contribution in [0.3, 0.4) is 0 Å². The number of carbonyl (C=O) groups excluding carboxylic acids is 3. The smallest absolute Gasteiger partial charge is 0.410 e. The average Bonchev–Trinajstić information content (AvgIpc) is 3.22. The number of hydrogen-bond donors (Lipinski definition) is 2. The van der Waals surface area contributed by atoms with Crippen LogP contribution < -0.4 is 10.6 Å². The van der Waals surface area contributed by atoms with Gasteiger partial charge in [-0.15, -0.1) is 0 Å². The fourth-order valence-electron chi connectivity index (χ4n) is 7.12. The number of para-hydroxylation sites is 1. The van der Waals surface area contributed by atoms with Crippen molar-refractivity contribution in [3.63, 3.8) is 0 Å². The van der Waals surface area contributed by atoms with Gasteiger partial charge in [-0.1, -0.05) is 41.4 Å². The van der Waals surface area contributed by atoms with Crippen molar-refractivity contribution >= 4 is 46.9 Å². The van der Waals surface area contributed by atoms with E-state index < -0.39 is 12.2 Å². The lowest BCUT2D eigenvalue weighted by Crippen LogP contribution is -2.54. The molecule has 1 atom stereocenters. The van der Waals surface area contributed by atoms with Crippen molar-refractivity contribution in [3.8, 4) is 0 Å². The predicted octanol–water partition coefficient (Wildman–Crippen LogP) is 4.49. The zero-order valence-corrected chi connectivity index (χ0v) is 27.1. The molecule has 2 aromatic carbocycles.